The first kappa shape index (κ1) is 22.2. The van der Waals surface area contributed by atoms with Crippen molar-refractivity contribution in [3.63, 3.8) is 0 Å². The number of halogens is 1. The Morgan fingerprint density at radius 3 is 2.17 bits per heavy atom. The molecule has 30 heavy (non-hydrogen) atoms. The van der Waals surface area contributed by atoms with Gasteiger partial charge in [-0.2, -0.15) is 0 Å². The first-order valence-corrected chi connectivity index (χ1v) is 12.0. The fraction of sp³-hybridized carbons (Fsp3) is 0.136. The van der Waals surface area contributed by atoms with E-state index in [9.17, 15) is 13.2 Å². The van der Waals surface area contributed by atoms with Gasteiger partial charge in [0.15, 0.2) is 0 Å². The van der Waals surface area contributed by atoms with Crippen LogP contribution in [0.1, 0.15) is 11.1 Å². The summed E-state index contributed by atoms with van der Waals surface area (Å²) in [6.45, 7) is 3.89. The Balaban J connectivity index is 1.59. The number of hydrogen-bond acceptors (Lipinski definition) is 4. The number of carbonyl (C=O) groups is 1. The number of amides is 1. The largest absolute Gasteiger partial charge is 0.325 e. The van der Waals surface area contributed by atoms with E-state index < -0.39 is 10.0 Å². The summed E-state index contributed by atoms with van der Waals surface area (Å²) in [5, 5.41) is 3.41. The van der Waals surface area contributed by atoms with Gasteiger partial charge in [0.05, 0.1) is 10.6 Å². The smallest absolute Gasteiger partial charge is 0.261 e. The summed E-state index contributed by atoms with van der Waals surface area (Å²) < 4.78 is 27.8. The number of hydrogen-bond donors (Lipinski definition) is 2. The summed E-state index contributed by atoms with van der Waals surface area (Å²) in [6, 6.07) is 18.7. The second-order valence-electron chi connectivity index (χ2n) is 6.72. The molecule has 5 nitrogen and oxygen atoms in total. The number of sulfonamides is 1. The zero-order valence-electron chi connectivity index (χ0n) is 16.5. The number of rotatable bonds is 7. The number of aryl methyl sites for hydroxylation is 2. The Kier molecular flexibility index (Phi) is 7.07. The summed E-state index contributed by atoms with van der Waals surface area (Å²) in [4.78, 5) is 13.2. The molecule has 0 aromatic heterocycles. The average Bonchev–Trinajstić information content (AvgIpc) is 2.70. The maximum Gasteiger partial charge on any atom is 0.261 e. The lowest BCUT2D eigenvalue weighted by molar-refractivity contribution is -0.113. The van der Waals surface area contributed by atoms with Crippen LogP contribution in [0.3, 0.4) is 0 Å². The van der Waals surface area contributed by atoms with E-state index in [1.807, 2.05) is 32.0 Å². The molecule has 0 atom stereocenters. The number of thioether (sulfide) groups is 1. The van der Waals surface area contributed by atoms with Gasteiger partial charge in [-0.15, -0.1) is 11.8 Å². The molecule has 0 saturated carbocycles. The first-order valence-electron chi connectivity index (χ1n) is 9.11. The minimum atomic E-state index is -3.72. The fourth-order valence-electron chi connectivity index (χ4n) is 2.61. The Labute approximate surface area is 185 Å². The van der Waals surface area contributed by atoms with Crippen molar-refractivity contribution in [2.45, 2.75) is 23.6 Å². The van der Waals surface area contributed by atoms with Gasteiger partial charge in [-0.1, -0.05) is 17.7 Å². The van der Waals surface area contributed by atoms with Crippen molar-refractivity contribution >= 4 is 50.7 Å². The van der Waals surface area contributed by atoms with Gasteiger partial charge in [0.25, 0.3) is 10.0 Å². The molecule has 0 aliphatic heterocycles. The van der Waals surface area contributed by atoms with E-state index in [1.165, 1.54) is 23.9 Å². The van der Waals surface area contributed by atoms with Crippen LogP contribution in [0.4, 0.5) is 11.4 Å². The molecule has 156 valence electrons. The van der Waals surface area contributed by atoms with E-state index in [4.69, 9.17) is 11.6 Å². The SMILES string of the molecule is Cc1ccc(NS(=O)(=O)c2ccc(NC(=O)CSc3ccc(Cl)cc3)cc2)cc1C. The van der Waals surface area contributed by atoms with Gasteiger partial charge in [-0.25, -0.2) is 8.42 Å². The molecule has 0 fully saturated rings. The molecular weight excluding hydrogens is 440 g/mol. The average molecular weight is 461 g/mol. The van der Waals surface area contributed by atoms with Gasteiger partial charge >= 0.3 is 0 Å². The minimum absolute atomic E-state index is 0.120. The Hall–Kier alpha value is -2.48. The Bertz CT molecular complexity index is 1150. The highest BCUT2D eigenvalue weighted by Gasteiger charge is 2.15. The molecule has 3 aromatic rings. The highest BCUT2D eigenvalue weighted by molar-refractivity contribution is 8.00. The number of anilines is 2. The molecular formula is C22H21ClN2O3S2. The van der Waals surface area contributed by atoms with Gasteiger partial charge in [0, 0.05) is 21.3 Å². The van der Waals surface area contributed by atoms with E-state index in [2.05, 4.69) is 10.0 Å². The molecule has 0 aliphatic rings. The zero-order chi connectivity index (χ0) is 21.7. The first-order chi connectivity index (χ1) is 14.2. The molecule has 0 saturated heterocycles. The normalized spacial score (nSPS) is 11.2. The molecule has 0 bridgehead atoms. The highest BCUT2D eigenvalue weighted by Crippen LogP contribution is 2.22. The standard InChI is InChI=1S/C22H21ClN2O3S2/c1-15-3-6-19(13-16(15)2)25-30(27,28)21-11-7-18(8-12-21)24-22(26)14-29-20-9-4-17(23)5-10-20/h3-13,25H,14H2,1-2H3,(H,24,26). The van der Waals surface area contributed by atoms with Crippen molar-refractivity contribution < 1.29 is 13.2 Å². The molecule has 0 heterocycles. The van der Waals surface area contributed by atoms with E-state index in [-0.39, 0.29) is 16.6 Å². The molecule has 1 amide bonds. The number of benzene rings is 3. The molecule has 0 aliphatic carbocycles. The zero-order valence-corrected chi connectivity index (χ0v) is 18.9. The van der Waals surface area contributed by atoms with Crippen molar-refractivity contribution in [1.29, 1.82) is 0 Å². The number of carbonyl (C=O) groups excluding carboxylic acids is 1. The predicted molar refractivity (Wildman–Crippen MR) is 124 cm³/mol. The molecule has 0 unspecified atom stereocenters. The Morgan fingerprint density at radius 2 is 1.53 bits per heavy atom. The van der Waals surface area contributed by atoms with Crippen molar-refractivity contribution in [3.05, 3.63) is 82.9 Å². The van der Waals surface area contributed by atoms with Gasteiger partial charge in [0.1, 0.15) is 0 Å². The summed E-state index contributed by atoms with van der Waals surface area (Å²) >= 11 is 7.24. The van der Waals surface area contributed by atoms with E-state index in [0.717, 1.165) is 16.0 Å². The van der Waals surface area contributed by atoms with E-state index in [1.54, 1.807) is 36.4 Å². The second kappa shape index (κ2) is 9.55. The van der Waals surface area contributed by atoms with Crippen molar-refractivity contribution in [2.24, 2.45) is 0 Å². The van der Waals surface area contributed by atoms with Crippen molar-refractivity contribution in [3.8, 4) is 0 Å². The van der Waals surface area contributed by atoms with Crippen LogP contribution >= 0.6 is 23.4 Å². The van der Waals surface area contributed by atoms with Crippen LogP contribution in [0.25, 0.3) is 0 Å². The summed E-state index contributed by atoms with van der Waals surface area (Å²) in [6.07, 6.45) is 0. The Morgan fingerprint density at radius 1 is 0.900 bits per heavy atom. The van der Waals surface area contributed by atoms with Crippen LogP contribution in [-0.4, -0.2) is 20.1 Å². The maximum absolute atomic E-state index is 12.6. The number of nitrogens with one attached hydrogen (secondary N) is 2. The van der Waals surface area contributed by atoms with Gasteiger partial charge in [0.2, 0.25) is 5.91 Å². The second-order valence-corrected chi connectivity index (χ2v) is 9.89. The lowest BCUT2D eigenvalue weighted by Crippen LogP contribution is -2.15. The van der Waals surface area contributed by atoms with Crippen LogP contribution in [-0.2, 0) is 14.8 Å². The van der Waals surface area contributed by atoms with Crippen LogP contribution in [0.15, 0.2) is 76.5 Å². The molecule has 0 spiro atoms. The van der Waals surface area contributed by atoms with Crippen LogP contribution in [0.5, 0.6) is 0 Å². The molecule has 8 heteroatoms. The molecule has 3 aromatic carbocycles. The summed E-state index contributed by atoms with van der Waals surface area (Å²) in [5.74, 6) is 0.0505. The van der Waals surface area contributed by atoms with Crippen LogP contribution in [0, 0.1) is 13.8 Å². The minimum Gasteiger partial charge on any atom is -0.325 e. The predicted octanol–water partition coefficient (Wildman–Crippen LogP) is 5.49. The van der Waals surface area contributed by atoms with E-state index in [0.29, 0.717) is 16.4 Å². The quantitative estimate of drug-likeness (QED) is 0.457. The van der Waals surface area contributed by atoms with Crippen LogP contribution in [0.2, 0.25) is 5.02 Å². The van der Waals surface area contributed by atoms with Crippen molar-refractivity contribution in [1.82, 2.24) is 0 Å². The maximum atomic E-state index is 12.6. The monoisotopic (exact) mass is 460 g/mol. The molecule has 3 rings (SSSR count). The van der Waals surface area contributed by atoms with Gasteiger partial charge in [-0.3, -0.25) is 9.52 Å². The fourth-order valence-corrected chi connectivity index (χ4v) is 4.49. The van der Waals surface area contributed by atoms with E-state index >= 15 is 0 Å². The summed E-state index contributed by atoms with van der Waals surface area (Å²) in [5.41, 5.74) is 3.13. The van der Waals surface area contributed by atoms with Gasteiger partial charge in [-0.05, 0) is 85.6 Å². The highest BCUT2D eigenvalue weighted by atomic mass is 35.5. The lowest BCUT2D eigenvalue weighted by Gasteiger charge is -2.11. The van der Waals surface area contributed by atoms with Gasteiger partial charge < -0.3 is 5.32 Å². The van der Waals surface area contributed by atoms with Crippen molar-refractivity contribution in [2.75, 3.05) is 15.8 Å². The third-order valence-electron chi connectivity index (χ3n) is 4.39. The molecule has 2 N–H and O–H groups in total. The topological polar surface area (TPSA) is 75.3 Å². The third kappa shape index (κ3) is 6.01. The summed E-state index contributed by atoms with van der Waals surface area (Å²) in [7, 11) is -3.72. The lowest BCUT2D eigenvalue weighted by atomic mass is 10.1. The third-order valence-corrected chi connectivity index (χ3v) is 7.05. The van der Waals surface area contributed by atoms with Crippen LogP contribution < -0.4 is 10.0 Å². The molecule has 0 radical (unpaired) electrons.